The quantitative estimate of drug-likeness (QED) is 0.0221. The monoisotopic (exact) mass is 2360 g/mol. The second kappa shape index (κ2) is 47.1. The number of nitrogens with zero attached hydrogens (tertiary/aromatic N) is 25. The number of imidazole rings is 2. The van der Waals surface area contributed by atoms with E-state index in [0.717, 1.165) is 276 Å². The minimum atomic E-state index is 0.185. The van der Waals surface area contributed by atoms with E-state index in [9.17, 15) is 15.4 Å². The molecule has 0 radical (unpaired) electrons. The lowest BCUT2D eigenvalue weighted by Crippen LogP contribution is -2.34. The molecule has 147 heavy (non-hydrogen) atoms. The Morgan fingerprint density at radius 2 is 0.850 bits per heavy atom. The number of nitrogens with one attached hydrogen (secondary N) is 8. The van der Waals surface area contributed by atoms with Crippen LogP contribution in [0.2, 0.25) is 0 Å². The minimum absolute atomic E-state index is 0.185. The van der Waals surface area contributed by atoms with Crippen molar-refractivity contribution in [3.05, 3.63) is 285 Å². The van der Waals surface area contributed by atoms with Crippen LogP contribution < -0.4 is 59.1 Å². The Kier molecular flexibility index (Phi) is 32.7. The highest BCUT2D eigenvalue weighted by Gasteiger charge is 2.30. The summed E-state index contributed by atoms with van der Waals surface area (Å²) in [5.41, 5.74) is 36.5. The van der Waals surface area contributed by atoms with Crippen molar-refractivity contribution in [2.24, 2.45) is 18.9 Å². The number of aliphatic hydroxyl groups is 2. The summed E-state index contributed by atoms with van der Waals surface area (Å²) >= 11 is 21.0. The van der Waals surface area contributed by atoms with E-state index in [-0.39, 0.29) is 43.1 Å². The Bertz CT molecular complexity index is 7800. The van der Waals surface area contributed by atoms with Crippen molar-refractivity contribution in [1.82, 2.24) is 127 Å². The molecule has 18 heterocycles. The number of nitrogens with two attached hydrogens (primary N) is 3. The number of H-pyrrole nitrogens is 1. The van der Waals surface area contributed by atoms with Crippen LogP contribution in [0, 0.1) is 24.0 Å². The summed E-state index contributed by atoms with van der Waals surface area (Å²) < 4.78 is 18.4. The van der Waals surface area contributed by atoms with Crippen molar-refractivity contribution in [3.63, 3.8) is 0 Å². The molecule has 0 amide bonds. The molecule has 0 bridgehead atoms. The average molecular weight is 2370 g/mol. The number of pyridine rings is 1. The molecule has 20 aromatic rings. The van der Waals surface area contributed by atoms with Gasteiger partial charge in [0.2, 0.25) is 5.95 Å². The second-order valence-electron chi connectivity index (χ2n) is 36.8. The number of likely N-dealkylation sites (tertiary alicyclic amines) is 1. The molecule has 2 aliphatic heterocycles. The average Bonchev–Trinajstić information content (AvgIpc) is 1.67. The molecule has 4 fully saturated rings. The number of aryl methyl sites for hydroxylation is 2. The van der Waals surface area contributed by atoms with Crippen LogP contribution in [-0.4, -0.2) is 191 Å². The molecule has 24 rings (SSSR count). The van der Waals surface area contributed by atoms with Gasteiger partial charge in [-0.1, -0.05) is 98.5 Å². The molecule has 758 valence electrons. The maximum Gasteiger partial charge on any atom is 0.219 e. The van der Waals surface area contributed by atoms with Gasteiger partial charge in [0.05, 0.1) is 104 Å². The largest absolute Gasteiger partial charge is 0.619 e. The number of rotatable bonds is 22. The molecule has 0 spiro atoms. The van der Waals surface area contributed by atoms with Gasteiger partial charge in [-0.15, -0.1) is 0 Å². The summed E-state index contributed by atoms with van der Waals surface area (Å²) in [7, 11) is 4.16. The number of nitrogen functional groups attached to an aromatic ring is 3. The third kappa shape index (κ3) is 24.5. The number of hydrogen-bond donors (Lipinski definition) is 13. The van der Waals surface area contributed by atoms with Crippen molar-refractivity contribution in [2.45, 2.75) is 134 Å². The fraction of sp³-hybridized carbons (Fsp3) is 0.304. The third-order valence-electron chi connectivity index (χ3n) is 26.6. The number of hydrogen-bond acceptors (Lipinski definition) is 30. The molecule has 45 heteroatoms. The standard InChI is InChI=1S/2C21H17BrN6.C19H23BrN6O2.C18H23BrN8O.C12H16BrN5.C11H14BrN5/c1-27-13-24-18-9-14(7-8-19(18)27)11-23-20-10-17(15-5-3-2-4-6-15)26-21-16(22)12-25-28(20)21;1-13-25-17-8-7-14(9-19(17)26-13)11-23-20-10-18(15-5-3-2-4-6-15)27-21-16(22)12-24-28(20)21;20-15-10-22-26-18(21-9-13-4-3-7-25(28)11-13)8-17(24-19(15)26)23-16-6-2-1-5-14(16)12-27;19-13-9-24-27-16(21-6-11-7-22-18(20)23-8-11)5-15(26-17(13)27)25-14-4-2-1-3-12(14)10-28;1-17-4-2-8(3-5-17)10-6-11(14)18-12(16-10)9(13)7-15-18;12-8-6-15-17-10(13)5-9(16-11(8)17)7-1-3-14-4-2-7/h2-10,12-13,23H,11H2,1H3;2-10,12,23H,11H2,1H3,(H,25,26);3-4,7-8,10-11,14,16,21,27H,1-2,5-6,9,12H2,(H,23,24);5,7-9,12,14,21,28H,1-4,6,10H2,(H,25,26)(H2,20,22,23);6-8H,2-5,14H2,1H3;5-7,14H,1-4,13H2/t;;14-,16-;12-,14-;;/m..01../s1. The van der Waals surface area contributed by atoms with Crippen LogP contribution in [0.5, 0.6) is 0 Å². The molecule has 4 atom stereocenters. The number of halogens is 6. The maximum absolute atomic E-state index is 11.5. The van der Waals surface area contributed by atoms with E-state index in [2.05, 4.69) is 260 Å². The highest BCUT2D eigenvalue weighted by molar-refractivity contribution is 9.11. The van der Waals surface area contributed by atoms with Crippen LogP contribution in [0.3, 0.4) is 0 Å². The Balaban J connectivity index is 0.000000112. The van der Waals surface area contributed by atoms with Crippen LogP contribution in [0.15, 0.2) is 241 Å². The predicted octanol–water partition coefficient (Wildman–Crippen LogP) is 18.2. The van der Waals surface area contributed by atoms with E-state index in [1.807, 2.05) is 119 Å². The number of benzene rings is 4. The first-order valence-electron chi connectivity index (χ1n) is 48.6. The smallest absolute Gasteiger partial charge is 0.219 e. The number of fused-ring (bicyclic) bond motifs is 8. The Labute approximate surface area is 895 Å². The molecule has 2 saturated carbocycles. The van der Waals surface area contributed by atoms with Crippen LogP contribution >= 0.6 is 95.6 Å². The molecule has 16 N–H and O–H groups in total. The molecule has 0 unspecified atom stereocenters. The van der Waals surface area contributed by atoms with Gasteiger partial charge in [0, 0.05) is 171 Å². The van der Waals surface area contributed by atoms with E-state index in [1.165, 1.54) is 18.8 Å². The summed E-state index contributed by atoms with van der Waals surface area (Å²) in [6.45, 7) is 9.04. The van der Waals surface area contributed by atoms with Crippen molar-refractivity contribution >= 4 is 204 Å². The predicted molar refractivity (Wildman–Crippen MR) is 594 cm³/mol. The zero-order chi connectivity index (χ0) is 102. The van der Waals surface area contributed by atoms with Crippen molar-refractivity contribution in [1.29, 1.82) is 0 Å². The van der Waals surface area contributed by atoms with E-state index >= 15 is 0 Å². The number of aromatic amines is 1. The Hall–Kier alpha value is -13.5. The van der Waals surface area contributed by atoms with Crippen molar-refractivity contribution in [3.8, 4) is 22.5 Å². The highest BCUT2D eigenvalue weighted by Crippen LogP contribution is 2.37. The Morgan fingerprint density at radius 3 is 1.33 bits per heavy atom. The molecule has 4 aliphatic rings. The zero-order valence-corrected chi connectivity index (χ0v) is 90.2. The SMILES string of the molecule is CN1CCC(c2cc(N)n3ncc(Br)c3n2)CC1.Cc1nc2ccc(CNc3cc(-c4ccccc4)nc4c(Br)cnn34)cc2[nH]1.Cn1cnc2cc(CNc3cc(-c4ccccc4)nc4c(Br)cnn34)ccc21.Nc1cc(C2CCNCC2)nc2c(Br)cnn12.Nc1ncc(CNc2cc(N[C@@H]3CCCC[C@@H]3CO)nc3c(Br)cnn23)cn1.[O-][n+]1cccc(CNc2cc(N[C@H]3CCCC[C@H]3CO)nc3c(Br)cnn23)c1. The van der Waals surface area contributed by atoms with Crippen LogP contribution in [-0.2, 0) is 33.2 Å². The van der Waals surface area contributed by atoms with Gasteiger partial charge in [0.25, 0.3) is 0 Å². The molecule has 4 aromatic carbocycles. The lowest BCUT2D eigenvalue weighted by Gasteiger charge is -2.31. The minimum Gasteiger partial charge on any atom is -0.619 e. The molecule has 39 nitrogen and oxygen atoms in total. The number of aliphatic hydroxyl groups excluding tert-OH is 2. The van der Waals surface area contributed by atoms with Gasteiger partial charge < -0.3 is 84.3 Å². The zero-order valence-electron chi connectivity index (χ0n) is 80.7. The van der Waals surface area contributed by atoms with Crippen LogP contribution in [0.4, 0.5) is 52.5 Å². The number of aromatic nitrogens is 25. The lowest BCUT2D eigenvalue weighted by atomic mass is 9.85. The summed E-state index contributed by atoms with van der Waals surface area (Å²) in [5, 5.41) is 81.0. The normalized spacial score (nSPS) is 16.1. The number of anilines is 9. The summed E-state index contributed by atoms with van der Waals surface area (Å²) in [6, 6.07) is 48.7. The number of piperidine rings is 2. The fourth-order valence-corrected chi connectivity index (χ4v) is 20.8. The molecule has 16 aromatic heterocycles. The van der Waals surface area contributed by atoms with Gasteiger partial charge in [-0.2, -0.15) is 62.4 Å². The topological polar surface area (TPSA) is 486 Å². The van der Waals surface area contributed by atoms with E-state index in [4.69, 9.17) is 42.1 Å². The highest BCUT2D eigenvalue weighted by atomic mass is 79.9. The van der Waals surface area contributed by atoms with Gasteiger partial charge in [0.15, 0.2) is 46.3 Å². The van der Waals surface area contributed by atoms with E-state index in [0.29, 0.717) is 55.3 Å². The fourth-order valence-electron chi connectivity index (χ4n) is 18.7. The van der Waals surface area contributed by atoms with Gasteiger partial charge in [-0.05, 0) is 229 Å². The first kappa shape index (κ1) is 102. The van der Waals surface area contributed by atoms with Gasteiger partial charge in [-0.25, -0.2) is 49.8 Å². The van der Waals surface area contributed by atoms with Crippen LogP contribution in [0.1, 0.15) is 128 Å². The van der Waals surface area contributed by atoms with E-state index in [1.54, 1.807) is 73.7 Å². The van der Waals surface area contributed by atoms with Gasteiger partial charge in [0.1, 0.15) is 52.4 Å². The first-order chi connectivity index (χ1) is 71.5. The molecular formula is C102H110Br6N36O3. The van der Waals surface area contributed by atoms with Crippen LogP contribution in [0.25, 0.3) is 78.5 Å². The summed E-state index contributed by atoms with van der Waals surface area (Å²) in [6.07, 6.45) is 31.9. The van der Waals surface area contributed by atoms with Gasteiger partial charge in [-0.3, -0.25) is 0 Å². The molecule has 2 aliphatic carbocycles. The summed E-state index contributed by atoms with van der Waals surface area (Å²) in [5.74, 6) is 8.83. The third-order valence-corrected chi connectivity index (χ3v) is 29.9. The lowest BCUT2D eigenvalue weighted by molar-refractivity contribution is -0.605. The maximum atomic E-state index is 11.5. The van der Waals surface area contributed by atoms with Crippen molar-refractivity contribution in [2.75, 3.05) is 95.5 Å². The molecular weight excluding hydrogens is 2260 g/mol. The van der Waals surface area contributed by atoms with Gasteiger partial charge >= 0.3 is 0 Å². The summed E-state index contributed by atoms with van der Waals surface area (Å²) in [4.78, 5) is 50.9. The molecule has 2 saturated heterocycles. The van der Waals surface area contributed by atoms with E-state index < -0.39 is 0 Å². The second-order valence-corrected chi connectivity index (χ2v) is 41.9. The Morgan fingerprint density at radius 1 is 0.422 bits per heavy atom. The van der Waals surface area contributed by atoms with Crippen molar-refractivity contribution < 1.29 is 14.9 Å². The first-order valence-corrected chi connectivity index (χ1v) is 53.4.